The molecule has 0 aliphatic rings. The summed E-state index contributed by atoms with van der Waals surface area (Å²) in [6.45, 7) is 1.84. The van der Waals surface area contributed by atoms with Crippen molar-refractivity contribution >= 4 is 0 Å². The minimum atomic E-state index is -4.37. The maximum Gasteiger partial charge on any atom is 0.416 e. The van der Waals surface area contributed by atoms with E-state index in [1.807, 2.05) is 13.0 Å². The average molecular weight is 277 g/mol. The molecule has 5 heteroatoms. The molecule has 2 rings (SSSR count). The minimum absolute atomic E-state index is 0.248. The highest BCUT2D eigenvalue weighted by molar-refractivity contribution is 5.47. The largest absolute Gasteiger partial charge is 0.456 e. The van der Waals surface area contributed by atoms with Crippen LogP contribution in [-0.2, 0) is 6.18 Å². The minimum Gasteiger partial charge on any atom is -0.456 e. The maximum atomic E-state index is 12.4. The van der Waals surface area contributed by atoms with E-state index in [-0.39, 0.29) is 5.75 Å². The van der Waals surface area contributed by atoms with Gasteiger partial charge in [0.15, 0.2) is 0 Å². The number of hydrogen-bond acceptors (Lipinski definition) is 2. The van der Waals surface area contributed by atoms with Crippen molar-refractivity contribution in [1.82, 2.24) is 0 Å². The molecule has 0 amide bonds. The summed E-state index contributed by atoms with van der Waals surface area (Å²) >= 11 is 0. The first-order chi connectivity index (χ1) is 9.40. The molecule has 2 aromatic carbocycles. The molecule has 0 aliphatic heterocycles. The Hall–Kier alpha value is -2.48. The molecule has 20 heavy (non-hydrogen) atoms. The summed E-state index contributed by atoms with van der Waals surface area (Å²) in [5.74, 6) is 0.566. The molecule has 0 bridgehead atoms. The van der Waals surface area contributed by atoms with Gasteiger partial charge in [-0.3, -0.25) is 0 Å². The van der Waals surface area contributed by atoms with Crippen molar-refractivity contribution < 1.29 is 17.9 Å². The summed E-state index contributed by atoms with van der Waals surface area (Å²) in [5.41, 5.74) is 0.500. The predicted octanol–water partition coefficient (Wildman–Crippen LogP) is 4.68. The Bertz CT molecular complexity index is 654. The number of hydrogen-bond donors (Lipinski definition) is 0. The second-order valence-corrected chi connectivity index (χ2v) is 4.24. The second kappa shape index (κ2) is 5.25. The standard InChI is InChI=1S/C15H10F3NO/c1-10-2-7-14(11(8-10)9-19)20-13-5-3-12(4-6-13)15(16,17)18/h2-8H,1H3. The summed E-state index contributed by atoms with van der Waals surface area (Å²) in [6.07, 6.45) is -4.37. The van der Waals surface area contributed by atoms with Gasteiger partial charge in [-0.25, -0.2) is 0 Å². The van der Waals surface area contributed by atoms with Gasteiger partial charge in [0, 0.05) is 0 Å². The number of halogens is 3. The van der Waals surface area contributed by atoms with E-state index in [4.69, 9.17) is 10.00 Å². The van der Waals surface area contributed by atoms with Gasteiger partial charge in [-0.2, -0.15) is 18.4 Å². The summed E-state index contributed by atoms with van der Waals surface area (Å²) < 4.78 is 42.7. The van der Waals surface area contributed by atoms with Gasteiger partial charge in [-0.1, -0.05) is 6.07 Å². The van der Waals surface area contributed by atoms with Crippen molar-refractivity contribution in [3.63, 3.8) is 0 Å². The van der Waals surface area contributed by atoms with E-state index in [2.05, 4.69) is 0 Å². The normalized spacial score (nSPS) is 10.9. The van der Waals surface area contributed by atoms with E-state index >= 15 is 0 Å². The molecule has 0 N–H and O–H groups in total. The van der Waals surface area contributed by atoms with Crippen LogP contribution < -0.4 is 4.74 Å². The van der Waals surface area contributed by atoms with Gasteiger partial charge in [0.2, 0.25) is 0 Å². The van der Waals surface area contributed by atoms with Crippen LogP contribution in [0.5, 0.6) is 11.5 Å². The highest BCUT2D eigenvalue weighted by atomic mass is 19.4. The molecule has 0 aliphatic carbocycles. The van der Waals surface area contributed by atoms with Crippen LogP contribution in [0.3, 0.4) is 0 Å². The van der Waals surface area contributed by atoms with E-state index in [1.165, 1.54) is 12.1 Å². The lowest BCUT2D eigenvalue weighted by Gasteiger charge is -2.10. The number of nitriles is 1. The highest BCUT2D eigenvalue weighted by Gasteiger charge is 2.30. The third-order valence-electron chi connectivity index (χ3n) is 2.66. The fraction of sp³-hybridized carbons (Fsp3) is 0.133. The Morgan fingerprint density at radius 2 is 1.70 bits per heavy atom. The molecule has 0 aromatic heterocycles. The molecule has 0 radical (unpaired) electrons. The Balaban J connectivity index is 2.25. The van der Waals surface area contributed by atoms with Crippen LogP contribution in [0.2, 0.25) is 0 Å². The third-order valence-corrected chi connectivity index (χ3v) is 2.66. The second-order valence-electron chi connectivity index (χ2n) is 4.24. The molecule has 2 aromatic rings. The van der Waals surface area contributed by atoms with Gasteiger partial charge in [-0.05, 0) is 48.9 Å². The Morgan fingerprint density at radius 3 is 2.25 bits per heavy atom. The molecule has 0 spiro atoms. The van der Waals surface area contributed by atoms with Crippen molar-refractivity contribution in [2.45, 2.75) is 13.1 Å². The van der Waals surface area contributed by atoms with Crippen molar-refractivity contribution in [3.05, 3.63) is 59.2 Å². The van der Waals surface area contributed by atoms with Crippen molar-refractivity contribution in [3.8, 4) is 17.6 Å². The van der Waals surface area contributed by atoms with Gasteiger partial charge in [0.25, 0.3) is 0 Å². The summed E-state index contributed by atoms with van der Waals surface area (Å²) in [7, 11) is 0. The van der Waals surface area contributed by atoms with Crippen LogP contribution in [0.1, 0.15) is 16.7 Å². The molecule has 0 heterocycles. The Morgan fingerprint density at radius 1 is 1.05 bits per heavy atom. The molecular weight excluding hydrogens is 267 g/mol. The van der Waals surface area contributed by atoms with Crippen molar-refractivity contribution in [2.24, 2.45) is 0 Å². The lowest BCUT2D eigenvalue weighted by atomic mass is 10.1. The van der Waals surface area contributed by atoms with Gasteiger partial charge in [0.05, 0.1) is 11.1 Å². The number of benzene rings is 2. The van der Waals surface area contributed by atoms with Crippen LogP contribution in [0, 0.1) is 18.3 Å². The first-order valence-electron chi connectivity index (χ1n) is 5.76. The van der Waals surface area contributed by atoms with Gasteiger partial charge in [-0.15, -0.1) is 0 Å². The molecule has 0 unspecified atom stereocenters. The van der Waals surface area contributed by atoms with Crippen LogP contribution in [0.15, 0.2) is 42.5 Å². The van der Waals surface area contributed by atoms with E-state index in [9.17, 15) is 13.2 Å². The van der Waals surface area contributed by atoms with E-state index < -0.39 is 11.7 Å². The zero-order valence-electron chi connectivity index (χ0n) is 10.5. The van der Waals surface area contributed by atoms with Crippen LogP contribution in [0.25, 0.3) is 0 Å². The summed E-state index contributed by atoms with van der Waals surface area (Å²) in [4.78, 5) is 0. The molecular formula is C15H10F3NO. The van der Waals surface area contributed by atoms with E-state index in [0.29, 0.717) is 11.3 Å². The maximum absolute atomic E-state index is 12.4. The number of alkyl halides is 3. The van der Waals surface area contributed by atoms with Gasteiger partial charge >= 0.3 is 6.18 Å². The van der Waals surface area contributed by atoms with E-state index in [1.54, 1.807) is 18.2 Å². The lowest BCUT2D eigenvalue weighted by molar-refractivity contribution is -0.137. The fourth-order valence-corrected chi connectivity index (χ4v) is 1.66. The highest BCUT2D eigenvalue weighted by Crippen LogP contribution is 2.32. The Kier molecular flexibility index (Phi) is 3.66. The smallest absolute Gasteiger partial charge is 0.416 e. The van der Waals surface area contributed by atoms with Crippen molar-refractivity contribution in [2.75, 3.05) is 0 Å². The zero-order valence-corrected chi connectivity index (χ0v) is 10.5. The first kappa shape index (κ1) is 13.9. The van der Waals surface area contributed by atoms with Gasteiger partial charge in [0.1, 0.15) is 17.6 Å². The summed E-state index contributed by atoms with van der Waals surface area (Å²) in [5, 5.41) is 8.99. The average Bonchev–Trinajstić information content (AvgIpc) is 2.40. The lowest BCUT2D eigenvalue weighted by Crippen LogP contribution is -2.04. The zero-order chi connectivity index (χ0) is 14.8. The molecule has 0 fully saturated rings. The summed E-state index contributed by atoms with van der Waals surface area (Å²) in [6, 6.07) is 11.4. The van der Waals surface area contributed by atoms with Crippen molar-refractivity contribution in [1.29, 1.82) is 5.26 Å². The fourth-order valence-electron chi connectivity index (χ4n) is 1.66. The first-order valence-corrected chi connectivity index (χ1v) is 5.76. The van der Waals surface area contributed by atoms with Crippen LogP contribution in [0.4, 0.5) is 13.2 Å². The SMILES string of the molecule is Cc1ccc(Oc2ccc(C(F)(F)F)cc2)c(C#N)c1. The molecule has 102 valence electrons. The predicted molar refractivity (Wildman–Crippen MR) is 67.4 cm³/mol. The molecule has 0 saturated heterocycles. The number of ether oxygens (including phenoxy) is 1. The number of rotatable bonds is 2. The monoisotopic (exact) mass is 277 g/mol. The van der Waals surface area contributed by atoms with Crippen LogP contribution in [-0.4, -0.2) is 0 Å². The van der Waals surface area contributed by atoms with Crippen LogP contribution >= 0.6 is 0 Å². The third kappa shape index (κ3) is 3.09. The number of aryl methyl sites for hydroxylation is 1. The van der Waals surface area contributed by atoms with Gasteiger partial charge < -0.3 is 4.74 Å². The molecule has 0 saturated carbocycles. The molecule has 0 atom stereocenters. The van der Waals surface area contributed by atoms with E-state index in [0.717, 1.165) is 17.7 Å². The molecule has 2 nitrogen and oxygen atoms in total. The quantitative estimate of drug-likeness (QED) is 0.798. The topological polar surface area (TPSA) is 33.0 Å². The number of nitrogens with zero attached hydrogens (tertiary/aromatic N) is 1. The Labute approximate surface area is 114 Å².